The highest BCUT2D eigenvalue weighted by molar-refractivity contribution is 7.43. The van der Waals surface area contributed by atoms with Crippen molar-refractivity contribution in [1.82, 2.24) is 0 Å². The van der Waals surface area contributed by atoms with E-state index in [1.807, 2.05) is 0 Å². The van der Waals surface area contributed by atoms with Crippen LogP contribution in [0, 0.1) is 11.3 Å². The van der Waals surface area contributed by atoms with Gasteiger partial charge in [-0.1, -0.05) is 107 Å². The van der Waals surface area contributed by atoms with Crippen LogP contribution in [-0.2, 0) is 9.09 Å². The molecule has 0 N–H and O–H groups in total. The summed E-state index contributed by atoms with van der Waals surface area (Å²) in [6.45, 7) is 29.3. The highest BCUT2D eigenvalue weighted by atomic mass is 31.2. The van der Waals surface area contributed by atoms with Crippen molar-refractivity contribution >= 4 is 7.82 Å². The minimum atomic E-state index is -4.90. The minimum Gasteiger partial charge on any atom is -0.790 e. The molecule has 0 aliphatic rings. The van der Waals surface area contributed by atoms with Crippen LogP contribution in [0.25, 0.3) is 0 Å². The average Bonchev–Trinajstić information content (AvgIpc) is 2.99. The molecule has 0 saturated heterocycles. The number of hydrogen-bond donors (Lipinski definition) is 0. The maximum atomic E-state index is 9.49. The van der Waals surface area contributed by atoms with Crippen LogP contribution in [0.1, 0.15) is 158 Å². The summed E-state index contributed by atoms with van der Waals surface area (Å²) in [4.78, 5) is 19.0. The molecule has 0 bridgehead atoms. The van der Waals surface area contributed by atoms with E-state index in [2.05, 4.69) is 59.9 Å². The van der Waals surface area contributed by atoms with Crippen molar-refractivity contribution in [3.8, 4) is 6.07 Å². The molecular formula is C34H74N3O4P. The molecule has 0 unspecified atom stereocenters. The van der Waals surface area contributed by atoms with Gasteiger partial charge in [0.05, 0.1) is 66.2 Å². The lowest BCUT2D eigenvalue weighted by Crippen LogP contribution is -2.50. The van der Waals surface area contributed by atoms with Crippen molar-refractivity contribution in [3.63, 3.8) is 0 Å². The van der Waals surface area contributed by atoms with Gasteiger partial charge in [0.2, 0.25) is 0 Å². The highest BCUT2D eigenvalue weighted by Gasteiger charge is 2.25. The number of phosphoric ester groups is 1. The lowest BCUT2D eigenvalue weighted by atomic mass is 10.1. The zero-order chi connectivity index (χ0) is 32.6. The van der Waals surface area contributed by atoms with Gasteiger partial charge in [-0.15, -0.1) is 0 Å². The summed E-state index contributed by atoms with van der Waals surface area (Å²) in [5.41, 5.74) is 0. The number of quaternary nitrogens is 2. The van der Waals surface area contributed by atoms with Crippen LogP contribution >= 0.6 is 7.82 Å². The maximum Gasteiger partial charge on any atom is 0.138 e. The Balaban J connectivity index is -0.000000579. The van der Waals surface area contributed by atoms with Crippen LogP contribution < -0.4 is 9.79 Å². The molecule has 0 radical (unpaired) electrons. The third kappa shape index (κ3) is 29.6. The standard InChI is InChI=1S/2C16H36N.C2H4NO4P/c2*1-5-9-13-17(14-10-6-2,15-11-7-3)16-12-8-4;3-1-2-7-8(4,5)6/h2*5-16H2,1-4H3;2H2,(H2,4,5,6)/q2*+1;/p-2. The first kappa shape index (κ1) is 45.9. The van der Waals surface area contributed by atoms with E-state index >= 15 is 0 Å². The van der Waals surface area contributed by atoms with Crippen molar-refractivity contribution in [3.05, 3.63) is 0 Å². The van der Waals surface area contributed by atoms with Gasteiger partial charge in [-0.3, -0.25) is 0 Å². The quantitative estimate of drug-likeness (QED) is 0.0716. The zero-order valence-corrected chi connectivity index (χ0v) is 30.5. The molecule has 0 fully saturated rings. The number of hydrogen-bond acceptors (Lipinski definition) is 5. The third-order valence-electron chi connectivity index (χ3n) is 8.18. The fourth-order valence-electron chi connectivity index (χ4n) is 5.40. The normalized spacial score (nSPS) is 11.7. The lowest BCUT2D eigenvalue weighted by molar-refractivity contribution is -0.929. The van der Waals surface area contributed by atoms with Gasteiger partial charge < -0.3 is 27.8 Å². The first-order valence-corrected chi connectivity index (χ1v) is 19.2. The number of nitrogens with zero attached hydrogens (tertiary/aromatic N) is 3. The van der Waals surface area contributed by atoms with Gasteiger partial charge in [-0.2, -0.15) is 5.26 Å². The van der Waals surface area contributed by atoms with Crippen molar-refractivity contribution in [1.29, 1.82) is 5.26 Å². The second kappa shape index (κ2) is 31.9. The van der Waals surface area contributed by atoms with Gasteiger partial charge in [-0.05, 0) is 51.4 Å². The van der Waals surface area contributed by atoms with Gasteiger partial charge in [0.1, 0.15) is 6.61 Å². The van der Waals surface area contributed by atoms with Crippen LogP contribution in [-0.4, -0.2) is 67.9 Å². The molecule has 42 heavy (non-hydrogen) atoms. The number of unbranched alkanes of at least 4 members (excludes halogenated alkanes) is 8. The predicted molar refractivity (Wildman–Crippen MR) is 178 cm³/mol. The molecule has 7 nitrogen and oxygen atoms in total. The van der Waals surface area contributed by atoms with E-state index in [1.54, 1.807) is 0 Å². The Kier molecular flexibility index (Phi) is 34.9. The average molecular weight is 620 g/mol. The van der Waals surface area contributed by atoms with Crippen LogP contribution in [0.5, 0.6) is 0 Å². The second-order valence-corrected chi connectivity index (χ2v) is 13.3. The fourth-order valence-corrected chi connectivity index (χ4v) is 5.61. The predicted octanol–water partition coefficient (Wildman–Crippen LogP) is 8.36. The molecule has 0 aliphatic heterocycles. The summed E-state index contributed by atoms with van der Waals surface area (Å²) in [6.07, 6.45) is 22.1. The zero-order valence-electron chi connectivity index (χ0n) is 29.6. The van der Waals surface area contributed by atoms with Crippen LogP contribution in [0.3, 0.4) is 0 Å². The van der Waals surface area contributed by atoms with Crippen molar-refractivity contribution in [2.75, 3.05) is 59.0 Å². The van der Waals surface area contributed by atoms with E-state index in [0.717, 1.165) is 0 Å². The third-order valence-corrected chi connectivity index (χ3v) is 8.62. The van der Waals surface area contributed by atoms with Crippen molar-refractivity contribution < 1.29 is 27.8 Å². The first-order valence-electron chi connectivity index (χ1n) is 17.8. The molecule has 0 rings (SSSR count). The van der Waals surface area contributed by atoms with Crippen LogP contribution in [0.2, 0.25) is 0 Å². The summed E-state index contributed by atoms with van der Waals surface area (Å²) in [5.74, 6) is 0. The minimum absolute atomic E-state index is 0.704. The molecule has 0 saturated carbocycles. The summed E-state index contributed by atoms with van der Waals surface area (Å²) in [5, 5.41) is 7.66. The van der Waals surface area contributed by atoms with E-state index < -0.39 is 14.4 Å². The fraction of sp³-hybridized carbons (Fsp3) is 0.971. The van der Waals surface area contributed by atoms with E-state index in [4.69, 9.17) is 5.26 Å². The van der Waals surface area contributed by atoms with E-state index in [0.29, 0.717) is 0 Å². The van der Waals surface area contributed by atoms with Crippen LogP contribution in [0.15, 0.2) is 0 Å². The Morgan fingerprint density at radius 2 is 0.690 bits per heavy atom. The summed E-state index contributed by atoms with van der Waals surface area (Å²) < 4.78 is 15.8. The Bertz CT molecular complexity index is 526. The van der Waals surface area contributed by atoms with Gasteiger partial charge in [0, 0.05) is 0 Å². The molecule has 0 heterocycles. The molecule has 0 aromatic rings. The van der Waals surface area contributed by atoms with Gasteiger partial charge >= 0.3 is 0 Å². The molecule has 8 heteroatoms. The summed E-state index contributed by atoms with van der Waals surface area (Å²) in [6, 6.07) is 1.33. The highest BCUT2D eigenvalue weighted by Crippen LogP contribution is 2.23. The number of rotatable bonds is 26. The van der Waals surface area contributed by atoms with E-state index in [1.165, 1.54) is 170 Å². The largest absolute Gasteiger partial charge is 0.790 e. The van der Waals surface area contributed by atoms with Crippen molar-refractivity contribution in [2.45, 2.75) is 158 Å². The van der Waals surface area contributed by atoms with Crippen LogP contribution in [0.4, 0.5) is 0 Å². The number of phosphoric acid groups is 1. The van der Waals surface area contributed by atoms with E-state index in [9.17, 15) is 14.4 Å². The lowest BCUT2D eigenvalue weighted by Gasteiger charge is -2.39. The van der Waals surface area contributed by atoms with E-state index in [-0.39, 0.29) is 0 Å². The SMILES string of the molecule is CCCC[N+](CCCC)(CCCC)CCCC.CCCC[N+](CCCC)(CCCC)CCCC.N#CCOP(=O)([O-])[O-]. The Labute approximate surface area is 263 Å². The van der Waals surface area contributed by atoms with Gasteiger partial charge in [0.25, 0.3) is 0 Å². The molecular weight excluding hydrogens is 545 g/mol. The molecule has 0 aromatic heterocycles. The molecule has 0 amide bonds. The smallest absolute Gasteiger partial charge is 0.138 e. The molecule has 0 aromatic carbocycles. The van der Waals surface area contributed by atoms with Crippen molar-refractivity contribution in [2.24, 2.45) is 0 Å². The first-order chi connectivity index (χ1) is 20.0. The molecule has 0 atom stereocenters. The number of nitriles is 1. The Hall–Kier alpha value is -0.480. The molecule has 254 valence electrons. The van der Waals surface area contributed by atoms with Gasteiger partial charge in [-0.25, -0.2) is 0 Å². The second-order valence-electron chi connectivity index (χ2n) is 12.2. The topological polar surface area (TPSA) is 96.2 Å². The maximum absolute atomic E-state index is 9.49. The Morgan fingerprint density at radius 1 is 0.500 bits per heavy atom. The van der Waals surface area contributed by atoms with Gasteiger partial charge in [0.15, 0.2) is 0 Å². The summed E-state index contributed by atoms with van der Waals surface area (Å²) in [7, 11) is -4.90. The molecule has 0 aliphatic carbocycles. The Morgan fingerprint density at radius 3 is 0.786 bits per heavy atom. The molecule has 0 spiro atoms. The monoisotopic (exact) mass is 620 g/mol. The summed E-state index contributed by atoms with van der Waals surface area (Å²) >= 11 is 0.